The molecule has 0 spiro atoms. The Bertz CT molecular complexity index is 973. The minimum absolute atomic E-state index is 0.160. The van der Waals surface area contributed by atoms with Gasteiger partial charge in [0.05, 0.1) is 18.0 Å². The first-order valence-electron chi connectivity index (χ1n) is 8.76. The van der Waals surface area contributed by atoms with Gasteiger partial charge in [0.15, 0.2) is 0 Å². The van der Waals surface area contributed by atoms with E-state index in [0.717, 1.165) is 31.7 Å². The summed E-state index contributed by atoms with van der Waals surface area (Å²) >= 11 is 0. The van der Waals surface area contributed by atoms with Gasteiger partial charge >= 0.3 is 0 Å². The van der Waals surface area contributed by atoms with Crippen molar-refractivity contribution in [2.24, 2.45) is 0 Å². The Morgan fingerprint density at radius 1 is 1.04 bits per heavy atom. The van der Waals surface area contributed by atoms with Crippen molar-refractivity contribution in [1.29, 1.82) is 0 Å². The second kappa shape index (κ2) is 6.80. The zero-order valence-electron chi connectivity index (χ0n) is 15.0. The number of anilines is 1. The van der Waals surface area contributed by atoms with E-state index < -0.39 is 0 Å². The average Bonchev–Trinajstić information content (AvgIpc) is 2.68. The van der Waals surface area contributed by atoms with Gasteiger partial charge in [0, 0.05) is 37.4 Å². The van der Waals surface area contributed by atoms with Crippen molar-refractivity contribution in [3.63, 3.8) is 0 Å². The third-order valence-electron chi connectivity index (χ3n) is 4.92. The van der Waals surface area contributed by atoms with Gasteiger partial charge in [-0.2, -0.15) is 0 Å². The Hall–Kier alpha value is -2.86. The molecule has 0 bridgehead atoms. The zero-order chi connectivity index (χ0) is 18.1. The molecular weight excluding hydrogens is 328 g/mol. The number of fused-ring (bicyclic) bond motifs is 1. The molecule has 0 atom stereocenters. The number of ether oxygens (including phenoxy) is 1. The predicted molar refractivity (Wildman–Crippen MR) is 104 cm³/mol. The highest BCUT2D eigenvalue weighted by molar-refractivity contribution is 5.81. The van der Waals surface area contributed by atoms with Gasteiger partial charge in [0.25, 0.3) is 5.56 Å². The number of nitrogens with one attached hydrogen (secondary N) is 1. The third-order valence-corrected chi connectivity index (χ3v) is 4.92. The molecule has 1 aromatic heterocycles. The van der Waals surface area contributed by atoms with Crippen LogP contribution in [-0.2, 0) is 0 Å². The van der Waals surface area contributed by atoms with Crippen molar-refractivity contribution in [2.75, 3.05) is 45.2 Å². The number of hydrogen-bond acceptors (Lipinski definition) is 5. The first-order chi connectivity index (χ1) is 12.6. The summed E-state index contributed by atoms with van der Waals surface area (Å²) < 4.78 is 5.18. The van der Waals surface area contributed by atoms with Gasteiger partial charge in [0.1, 0.15) is 11.6 Å². The fourth-order valence-corrected chi connectivity index (χ4v) is 3.28. The number of rotatable bonds is 3. The Balaban J connectivity index is 1.64. The maximum absolute atomic E-state index is 12.4. The zero-order valence-corrected chi connectivity index (χ0v) is 15.0. The van der Waals surface area contributed by atoms with Gasteiger partial charge in [-0.25, -0.2) is 4.98 Å². The maximum atomic E-state index is 12.4. The van der Waals surface area contributed by atoms with E-state index in [1.165, 1.54) is 5.69 Å². The van der Waals surface area contributed by atoms with Gasteiger partial charge in [-0.3, -0.25) is 4.79 Å². The molecule has 0 saturated carbocycles. The minimum atomic E-state index is -0.160. The van der Waals surface area contributed by atoms with E-state index >= 15 is 0 Å². The van der Waals surface area contributed by atoms with Crippen LogP contribution in [0.2, 0.25) is 0 Å². The molecule has 1 aliphatic heterocycles. The van der Waals surface area contributed by atoms with Crippen LogP contribution in [0.15, 0.2) is 47.3 Å². The molecule has 134 valence electrons. The smallest absolute Gasteiger partial charge is 0.259 e. The van der Waals surface area contributed by atoms with Crippen molar-refractivity contribution in [2.45, 2.75) is 0 Å². The topological polar surface area (TPSA) is 61.5 Å². The quantitative estimate of drug-likeness (QED) is 0.786. The summed E-state index contributed by atoms with van der Waals surface area (Å²) in [4.78, 5) is 24.6. The monoisotopic (exact) mass is 350 g/mol. The fraction of sp³-hybridized carbons (Fsp3) is 0.300. The van der Waals surface area contributed by atoms with E-state index in [1.807, 2.05) is 24.3 Å². The van der Waals surface area contributed by atoms with Crippen LogP contribution in [-0.4, -0.2) is 55.2 Å². The second-order valence-corrected chi connectivity index (χ2v) is 6.63. The van der Waals surface area contributed by atoms with Crippen molar-refractivity contribution in [3.05, 3.63) is 52.8 Å². The van der Waals surface area contributed by atoms with Crippen molar-refractivity contribution < 1.29 is 4.74 Å². The average molecular weight is 350 g/mol. The van der Waals surface area contributed by atoms with Crippen LogP contribution in [0, 0.1) is 0 Å². The first-order valence-corrected chi connectivity index (χ1v) is 8.76. The van der Waals surface area contributed by atoms with Crippen LogP contribution in [0.4, 0.5) is 5.69 Å². The summed E-state index contributed by atoms with van der Waals surface area (Å²) in [6.07, 6.45) is 0. The van der Waals surface area contributed by atoms with Crippen LogP contribution in [0.3, 0.4) is 0 Å². The number of nitrogens with zero attached hydrogens (tertiary/aromatic N) is 3. The summed E-state index contributed by atoms with van der Waals surface area (Å²) in [5.41, 5.74) is 2.60. The molecule has 0 unspecified atom stereocenters. The van der Waals surface area contributed by atoms with Crippen LogP contribution in [0.1, 0.15) is 0 Å². The molecule has 2 aromatic carbocycles. The standard InChI is InChI=1S/C20H22N4O2/c1-23-9-11-24(12-10-23)15-5-3-14(4-6-15)19-21-18-8-7-16(26-2)13-17(18)20(25)22-19/h3-8,13H,9-12H2,1-2H3,(H,21,22,25). The second-order valence-electron chi connectivity index (χ2n) is 6.63. The van der Waals surface area contributed by atoms with Crippen molar-refractivity contribution in [3.8, 4) is 17.1 Å². The lowest BCUT2D eigenvalue weighted by Crippen LogP contribution is -2.44. The molecule has 3 aromatic rings. The molecule has 2 heterocycles. The van der Waals surface area contributed by atoms with Crippen LogP contribution < -0.4 is 15.2 Å². The molecule has 6 heteroatoms. The van der Waals surface area contributed by atoms with Gasteiger partial charge in [0.2, 0.25) is 0 Å². The predicted octanol–water partition coefficient (Wildman–Crippen LogP) is 2.35. The summed E-state index contributed by atoms with van der Waals surface area (Å²) in [7, 11) is 3.73. The van der Waals surface area contributed by atoms with E-state index in [-0.39, 0.29) is 5.56 Å². The maximum Gasteiger partial charge on any atom is 0.259 e. The molecular formula is C20H22N4O2. The summed E-state index contributed by atoms with van der Waals surface area (Å²) in [6, 6.07) is 13.6. The molecule has 1 saturated heterocycles. The molecule has 1 fully saturated rings. The Labute approximate surface area is 152 Å². The molecule has 6 nitrogen and oxygen atoms in total. The fourth-order valence-electron chi connectivity index (χ4n) is 3.28. The van der Waals surface area contributed by atoms with Gasteiger partial charge in [-0.05, 0) is 49.5 Å². The van der Waals surface area contributed by atoms with Crippen LogP contribution in [0.5, 0.6) is 5.75 Å². The number of piperazine rings is 1. The van der Waals surface area contributed by atoms with E-state index in [0.29, 0.717) is 22.5 Å². The van der Waals surface area contributed by atoms with E-state index in [1.54, 1.807) is 13.2 Å². The van der Waals surface area contributed by atoms with Gasteiger partial charge in [-0.1, -0.05) is 0 Å². The Morgan fingerprint density at radius 2 is 1.77 bits per heavy atom. The molecule has 1 aliphatic rings. The normalized spacial score (nSPS) is 15.4. The van der Waals surface area contributed by atoms with E-state index in [9.17, 15) is 4.79 Å². The summed E-state index contributed by atoms with van der Waals surface area (Å²) in [5, 5.41) is 0.530. The van der Waals surface area contributed by atoms with Gasteiger partial charge in [-0.15, -0.1) is 0 Å². The lowest BCUT2D eigenvalue weighted by atomic mass is 10.1. The highest BCUT2D eigenvalue weighted by Crippen LogP contribution is 2.23. The molecule has 0 aliphatic carbocycles. The SMILES string of the molecule is COc1ccc2nc(-c3ccc(N4CCN(C)CC4)cc3)[nH]c(=O)c2c1. The van der Waals surface area contributed by atoms with Crippen LogP contribution >= 0.6 is 0 Å². The van der Waals surface area contributed by atoms with Crippen LogP contribution in [0.25, 0.3) is 22.3 Å². The molecule has 0 radical (unpaired) electrons. The Kier molecular flexibility index (Phi) is 4.34. The van der Waals surface area contributed by atoms with E-state index in [2.05, 4.69) is 38.9 Å². The lowest BCUT2D eigenvalue weighted by Gasteiger charge is -2.34. The lowest BCUT2D eigenvalue weighted by molar-refractivity contribution is 0.313. The highest BCUT2D eigenvalue weighted by atomic mass is 16.5. The molecule has 26 heavy (non-hydrogen) atoms. The number of hydrogen-bond donors (Lipinski definition) is 1. The first kappa shape index (κ1) is 16.6. The minimum Gasteiger partial charge on any atom is -0.497 e. The highest BCUT2D eigenvalue weighted by Gasteiger charge is 2.14. The number of aromatic nitrogens is 2. The number of likely N-dealkylation sites (N-methyl/N-ethyl adjacent to an activating group) is 1. The molecule has 0 amide bonds. The number of methoxy groups -OCH3 is 1. The Morgan fingerprint density at radius 3 is 2.46 bits per heavy atom. The molecule has 4 rings (SSSR count). The number of aromatic amines is 1. The van der Waals surface area contributed by atoms with Crippen molar-refractivity contribution in [1.82, 2.24) is 14.9 Å². The van der Waals surface area contributed by atoms with Crippen molar-refractivity contribution >= 4 is 16.6 Å². The van der Waals surface area contributed by atoms with Gasteiger partial charge < -0.3 is 19.5 Å². The summed E-state index contributed by atoms with van der Waals surface area (Å²) in [5.74, 6) is 1.23. The number of H-pyrrole nitrogens is 1. The third kappa shape index (κ3) is 3.15. The van der Waals surface area contributed by atoms with E-state index in [4.69, 9.17) is 4.74 Å². The summed E-state index contributed by atoms with van der Waals surface area (Å²) in [6.45, 7) is 4.21. The molecule has 1 N–H and O–H groups in total. The number of benzene rings is 2. The largest absolute Gasteiger partial charge is 0.497 e.